The number of H-pyrrole nitrogens is 1. The summed E-state index contributed by atoms with van der Waals surface area (Å²) >= 11 is 0. The Balaban J connectivity index is 1.95. The van der Waals surface area contributed by atoms with Gasteiger partial charge < -0.3 is 31.2 Å². The molecule has 0 radical (unpaired) electrons. The van der Waals surface area contributed by atoms with Crippen molar-refractivity contribution in [2.24, 2.45) is 5.73 Å². The van der Waals surface area contributed by atoms with Gasteiger partial charge in [-0.05, 0) is 38.8 Å². The van der Waals surface area contributed by atoms with Crippen LogP contribution in [0.25, 0.3) is 10.9 Å². The Hall–Kier alpha value is -3.56. The fourth-order valence-electron chi connectivity index (χ4n) is 3.00. The first kappa shape index (κ1) is 23.7. The van der Waals surface area contributed by atoms with Gasteiger partial charge in [0, 0.05) is 29.9 Å². The summed E-state index contributed by atoms with van der Waals surface area (Å²) in [6, 6.07) is 5.15. The number of aromatic amines is 1. The van der Waals surface area contributed by atoms with Gasteiger partial charge in [0.05, 0.1) is 0 Å². The number of ether oxygens (including phenoxy) is 1. The lowest BCUT2D eigenvalue weighted by Gasteiger charge is -2.22. The maximum absolute atomic E-state index is 12.3. The van der Waals surface area contributed by atoms with Gasteiger partial charge in [0.25, 0.3) is 0 Å². The predicted molar refractivity (Wildman–Crippen MR) is 113 cm³/mol. The maximum atomic E-state index is 12.3. The summed E-state index contributed by atoms with van der Waals surface area (Å²) in [6.45, 7) is 5.00. The molecule has 2 rings (SSSR count). The summed E-state index contributed by atoms with van der Waals surface area (Å²) in [5.41, 5.74) is 6.15. The number of amides is 3. The van der Waals surface area contributed by atoms with E-state index in [1.807, 2.05) is 24.3 Å². The third-order valence-corrected chi connectivity index (χ3v) is 4.43. The van der Waals surface area contributed by atoms with Crippen molar-refractivity contribution in [1.29, 1.82) is 0 Å². The van der Waals surface area contributed by atoms with Gasteiger partial charge in [-0.3, -0.25) is 9.59 Å². The molecule has 1 aromatic heterocycles. The number of hydrogen-bond acceptors (Lipinski definition) is 5. The molecule has 0 aliphatic rings. The molecule has 0 aliphatic heterocycles. The highest BCUT2D eigenvalue weighted by atomic mass is 16.6. The molecular formula is C21H28N4O6. The van der Waals surface area contributed by atoms with Crippen LogP contribution >= 0.6 is 0 Å². The molecule has 2 atom stereocenters. The van der Waals surface area contributed by atoms with Gasteiger partial charge in [0.2, 0.25) is 11.8 Å². The Morgan fingerprint density at radius 1 is 1.13 bits per heavy atom. The Morgan fingerprint density at radius 2 is 1.81 bits per heavy atom. The van der Waals surface area contributed by atoms with E-state index in [0.29, 0.717) is 0 Å². The van der Waals surface area contributed by atoms with E-state index in [1.54, 1.807) is 27.0 Å². The highest BCUT2D eigenvalue weighted by Gasteiger charge is 2.25. The second-order valence-electron chi connectivity index (χ2n) is 8.16. The lowest BCUT2D eigenvalue weighted by atomic mass is 10.0. The second kappa shape index (κ2) is 9.96. The Labute approximate surface area is 179 Å². The lowest BCUT2D eigenvalue weighted by molar-refractivity contribution is -0.141. The van der Waals surface area contributed by atoms with Crippen molar-refractivity contribution >= 4 is 34.8 Å². The van der Waals surface area contributed by atoms with Gasteiger partial charge >= 0.3 is 12.1 Å². The number of carbonyl (C=O) groups is 4. The Kier molecular flexibility index (Phi) is 7.62. The second-order valence-corrected chi connectivity index (χ2v) is 8.16. The first-order chi connectivity index (χ1) is 14.5. The number of hydrogen-bond donors (Lipinski definition) is 5. The van der Waals surface area contributed by atoms with Crippen molar-refractivity contribution in [3.05, 3.63) is 36.0 Å². The van der Waals surface area contributed by atoms with Crippen LogP contribution in [0, 0.1) is 0 Å². The van der Waals surface area contributed by atoms with Gasteiger partial charge in [0.1, 0.15) is 17.7 Å². The summed E-state index contributed by atoms with van der Waals surface area (Å²) < 4.78 is 5.08. The van der Waals surface area contributed by atoms with Crippen molar-refractivity contribution in [3.8, 4) is 0 Å². The Bertz CT molecular complexity index is 962. The van der Waals surface area contributed by atoms with Crippen molar-refractivity contribution < 1.29 is 29.0 Å². The van der Waals surface area contributed by atoms with Crippen LogP contribution in [0.5, 0.6) is 0 Å². The van der Waals surface area contributed by atoms with Crippen LogP contribution in [0.2, 0.25) is 0 Å². The third kappa shape index (κ3) is 7.32. The van der Waals surface area contributed by atoms with Crippen LogP contribution in [0.3, 0.4) is 0 Å². The fraction of sp³-hybridized carbons (Fsp3) is 0.429. The molecule has 1 aromatic carbocycles. The van der Waals surface area contributed by atoms with E-state index in [9.17, 15) is 24.3 Å². The van der Waals surface area contributed by atoms with Crippen LogP contribution in [0.4, 0.5) is 4.79 Å². The lowest BCUT2D eigenvalue weighted by Crippen LogP contribution is -2.47. The molecule has 168 valence electrons. The third-order valence-electron chi connectivity index (χ3n) is 4.43. The number of carboxylic acid groups (broad SMARTS) is 1. The number of fused-ring (bicyclic) bond motifs is 1. The summed E-state index contributed by atoms with van der Waals surface area (Å²) in [5.74, 6) is -2.59. The molecule has 31 heavy (non-hydrogen) atoms. The predicted octanol–water partition coefficient (Wildman–Crippen LogP) is 1.44. The number of nitrogens with one attached hydrogen (secondary N) is 3. The van der Waals surface area contributed by atoms with Crippen molar-refractivity contribution in [2.75, 3.05) is 0 Å². The number of aliphatic carboxylic acids is 1. The van der Waals surface area contributed by atoms with Gasteiger partial charge in [-0.2, -0.15) is 0 Å². The standard InChI is InChI=1S/C21H28N4O6/c1-21(2,3)31-20(30)25-15(18(22)27)8-9-17(26)24-16(19(28)29)10-12-11-23-14-7-5-4-6-13(12)14/h4-7,11,15-16,23H,8-10H2,1-3H3,(H2,22,27)(H,24,26)(H,25,30)(H,28,29)/t15-,16-/m1/s1. The minimum atomic E-state index is -1.18. The molecule has 0 saturated heterocycles. The molecule has 0 fully saturated rings. The number of rotatable bonds is 9. The van der Waals surface area contributed by atoms with Crippen LogP contribution in [-0.4, -0.2) is 51.7 Å². The highest BCUT2D eigenvalue weighted by molar-refractivity contribution is 5.88. The zero-order valence-electron chi connectivity index (χ0n) is 17.7. The number of para-hydroxylation sites is 1. The first-order valence-corrected chi connectivity index (χ1v) is 9.82. The monoisotopic (exact) mass is 432 g/mol. The molecule has 0 spiro atoms. The number of carbonyl (C=O) groups excluding carboxylic acids is 3. The molecule has 10 nitrogen and oxygen atoms in total. The molecule has 0 saturated carbocycles. The summed E-state index contributed by atoms with van der Waals surface area (Å²) in [7, 11) is 0. The molecular weight excluding hydrogens is 404 g/mol. The molecule has 0 unspecified atom stereocenters. The molecule has 2 aromatic rings. The summed E-state index contributed by atoms with van der Waals surface area (Å²) in [4.78, 5) is 50.5. The minimum absolute atomic E-state index is 0.0838. The van der Waals surface area contributed by atoms with E-state index in [4.69, 9.17) is 10.5 Å². The van der Waals surface area contributed by atoms with Crippen LogP contribution < -0.4 is 16.4 Å². The molecule has 10 heteroatoms. The van der Waals surface area contributed by atoms with Crippen molar-refractivity contribution in [1.82, 2.24) is 15.6 Å². The number of carboxylic acids is 1. The molecule has 6 N–H and O–H groups in total. The van der Waals surface area contributed by atoms with Gasteiger partial charge in [-0.15, -0.1) is 0 Å². The van der Waals surface area contributed by atoms with Crippen LogP contribution in [0.15, 0.2) is 30.5 Å². The van der Waals surface area contributed by atoms with Crippen molar-refractivity contribution in [3.63, 3.8) is 0 Å². The number of nitrogens with two attached hydrogens (primary N) is 1. The normalized spacial score (nSPS) is 13.3. The van der Waals surface area contributed by atoms with E-state index in [2.05, 4.69) is 15.6 Å². The zero-order valence-corrected chi connectivity index (χ0v) is 17.7. The molecule has 1 heterocycles. The first-order valence-electron chi connectivity index (χ1n) is 9.82. The molecule has 0 aliphatic carbocycles. The topological polar surface area (TPSA) is 164 Å². The Morgan fingerprint density at radius 3 is 2.42 bits per heavy atom. The fourth-order valence-corrected chi connectivity index (χ4v) is 3.00. The summed E-state index contributed by atoms with van der Waals surface area (Å²) in [5, 5.41) is 15.2. The van der Waals surface area contributed by atoms with E-state index < -0.39 is 41.6 Å². The van der Waals surface area contributed by atoms with Gasteiger partial charge in [0.15, 0.2) is 0 Å². The van der Waals surface area contributed by atoms with E-state index in [0.717, 1.165) is 16.5 Å². The largest absolute Gasteiger partial charge is 0.480 e. The van der Waals surface area contributed by atoms with Crippen LogP contribution in [0.1, 0.15) is 39.2 Å². The minimum Gasteiger partial charge on any atom is -0.480 e. The van der Waals surface area contributed by atoms with Gasteiger partial charge in [-0.25, -0.2) is 9.59 Å². The highest BCUT2D eigenvalue weighted by Crippen LogP contribution is 2.19. The zero-order chi connectivity index (χ0) is 23.2. The SMILES string of the molecule is CC(C)(C)OC(=O)N[C@H](CCC(=O)N[C@H](Cc1c[nH]c2ccccc12)C(=O)O)C(N)=O. The van der Waals surface area contributed by atoms with Crippen LogP contribution in [-0.2, 0) is 25.5 Å². The van der Waals surface area contributed by atoms with E-state index in [-0.39, 0.29) is 19.3 Å². The maximum Gasteiger partial charge on any atom is 0.408 e. The molecule has 3 amide bonds. The average molecular weight is 432 g/mol. The molecule has 0 bridgehead atoms. The summed E-state index contributed by atoms with van der Waals surface area (Å²) in [6.07, 6.45) is 0.654. The number of primary amides is 1. The number of benzene rings is 1. The number of aromatic nitrogens is 1. The average Bonchev–Trinajstić information content (AvgIpc) is 3.06. The smallest absolute Gasteiger partial charge is 0.408 e. The van der Waals surface area contributed by atoms with E-state index >= 15 is 0 Å². The van der Waals surface area contributed by atoms with Crippen molar-refractivity contribution in [2.45, 2.75) is 57.7 Å². The van der Waals surface area contributed by atoms with E-state index in [1.165, 1.54) is 0 Å². The number of alkyl carbamates (subject to hydrolysis) is 1. The van der Waals surface area contributed by atoms with Gasteiger partial charge in [-0.1, -0.05) is 18.2 Å². The quantitative estimate of drug-likeness (QED) is 0.402.